The average molecular weight is 464 g/mol. The van der Waals surface area contributed by atoms with Crippen molar-refractivity contribution in [1.82, 2.24) is 10.3 Å². The van der Waals surface area contributed by atoms with Gasteiger partial charge in [0.05, 0.1) is 11.7 Å². The molecular weight excluding hydrogens is 446 g/mol. The van der Waals surface area contributed by atoms with Gasteiger partial charge in [-0.2, -0.15) is 0 Å². The van der Waals surface area contributed by atoms with Crippen LogP contribution < -0.4 is 10.2 Å². The second kappa shape index (κ2) is 8.75. The number of rotatable bonds is 5. The second-order valence-electron chi connectivity index (χ2n) is 7.04. The summed E-state index contributed by atoms with van der Waals surface area (Å²) in [6.45, 7) is 0. The quantitative estimate of drug-likeness (QED) is 0.334. The number of thiocarbonyl (C=S) groups is 1. The Kier molecular flexibility index (Phi) is 5.68. The number of aromatic nitrogens is 1. The van der Waals surface area contributed by atoms with Crippen molar-refractivity contribution < 1.29 is 4.42 Å². The standard InChI is InChI=1S/C24H18ClN3OS2/c25-16-9-11-17(12-10-16)28-23(22(27-24(28)30)19-8-4-5-15-26-19)20-13-14-21(29-20)31-18-6-2-1-3-7-18/h1-15,22-23H,(H,27,30)/t22-,23+/m0/s1. The van der Waals surface area contributed by atoms with E-state index in [1.165, 1.54) is 0 Å². The number of nitrogens with zero attached hydrogens (tertiary/aromatic N) is 2. The Morgan fingerprint density at radius 2 is 1.71 bits per heavy atom. The smallest absolute Gasteiger partial charge is 0.174 e. The van der Waals surface area contributed by atoms with Gasteiger partial charge in [0, 0.05) is 21.8 Å². The highest BCUT2D eigenvalue weighted by Gasteiger charge is 2.42. The summed E-state index contributed by atoms with van der Waals surface area (Å²) in [6, 6.07) is 27.4. The van der Waals surface area contributed by atoms with Crippen LogP contribution in [0, 0.1) is 0 Å². The van der Waals surface area contributed by atoms with Gasteiger partial charge in [-0.25, -0.2) is 0 Å². The highest BCUT2D eigenvalue weighted by molar-refractivity contribution is 7.99. The molecule has 0 saturated carbocycles. The molecule has 0 bridgehead atoms. The van der Waals surface area contributed by atoms with Gasteiger partial charge in [-0.1, -0.05) is 47.6 Å². The molecule has 154 valence electrons. The van der Waals surface area contributed by atoms with E-state index in [1.54, 1.807) is 18.0 Å². The lowest BCUT2D eigenvalue weighted by Crippen LogP contribution is -2.29. The molecule has 2 aromatic heterocycles. The molecule has 2 atom stereocenters. The predicted molar refractivity (Wildman–Crippen MR) is 129 cm³/mol. The van der Waals surface area contributed by atoms with E-state index in [9.17, 15) is 0 Å². The van der Waals surface area contributed by atoms with Crippen LogP contribution in [0.2, 0.25) is 5.02 Å². The first-order valence-corrected chi connectivity index (χ1v) is 11.4. The molecule has 4 nitrogen and oxygen atoms in total. The molecule has 1 aliphatic heterocycles. The molecule has 0 spiro atoms. The molecule has 0 amide bonds. The maximum atomic E-state index is 6.31. The van der Waals surface area contributed by atoms with Crippen molar-refractivity contribution in [3.63, 3.8) is 0 Å². The van der Waals surface area contributed by atoms with E-state index in [1.807, 2.05) is 72.8 Å². The molecule has 3 heterocycles. The van der Waals surface area contributed by atoms with Crippen LogP contribution in [0.15, 0.2) is 106 Å². The van der Waals surface area contributed by atoms with Crippen molar-refractivity contribution in [3.8, 4) is 0 Å². The molecule has 31 heavy (non-hydrogen) atoms. The summed E-state index contributed by atoms with van der Waals surface area (Å²) in [5.74, 6) is 0.816. The van der Waals surface area contributed by atoms with E-state index in [-0.39, 0.29) is 12.1 Å². The number of nitrogens with one attached hydrogen (secondary N) is 1. The Bertz CT molecular complexity index is 1180. The largest absolute Gasteiger partial charge is 0.452 e. The number of pyridine rings is 1. The maximum absolute atomic E-state index is 6.31. The third kappa shape index (κ3) is 4.19. The number of anilines is 1. The molecule has 1 aliphatic rings. The van der Waals surface area contributed by atoms with Crippen LogP contribution in [-0.2, 0) is 0 Å². The third-order valence-electron chi connectivity index (χ3n) is 5.06. The maximum Gasteiger partial charge on any atom is 0.174 e. The highest BCUT2D eigenvalue weighted by atomic mass is 35.5. The Labute approximate surface area is 195 Å². The zero-order chi connectivity index (χ0) is 21.2. The molecule has 1 saturated heterocycles. The summed E-state index contributed by atoms with van der Waals surface area (Å²) in [6.07, 6.45) is 1.79. The molecule has 0 aliphatic carbocycles. The Hall–Kier alpha value is -2.80. The third-order valence-corrected chi connectivity index (χ3v) is 6.55. The monoisotopic (exact) mass is 463 g/mol. The van der Waals surface area contributed by atoms with Crippen LogP contribution in [0.3, 0.4) is 0 Å². The molecule has 7 heteroatoms. The van der Waals surface area contributed by atoms with Gasteiger partial charge in [-0.05, 0) is 72.9 Å². The van der Waals surface area contributed by atoms with Crippen molar-refractivity contribution in [2.24, 2.45) is 0 Å². The molecule has 1 fully saturated rings. The Balaban J connectivity index is 1.53. The van der Waals surface area contributed by atoms with Gasteiger partial charge in [0.1, 0.15) is 11.8 Å². The van der Waals surface area contributed by atoms with Crippen molar-refractivity contribution in [2.45, 2.75) is 22.1 Å². The van der Waals surface area contributed by atoms with Crippen LogP contribution in [-0.4, -0.2) is 10.1 Å². The topological polar surface area (TPSA) is 41.3 Å². The minimum absolute atomic E-state index is 0.148. The number of hydrogen-bond donors (Lipinski definition) is 1. The first-order valence-electron chi connectivity index (χ1n) is 9.78. The average Bonchev–Trinajstić information content (AvgIpc) is 3.40. The highest BCUT2D eigenvalue weighted by Crippen LogP contribution is 2.43. The van der Waals surface area contributed by atoms with Crippen molar-refractivity contribution in [1.29, 1.82) is 0 Å². The summed E-state index contributed by atoms with van der Waals surface area (Å²) in [4.78, 5) is 7.77. The van der Waals surface area contributed by atoms with E-state index in [0.29, 0.717) is 10.1 Å². The lowest BCUT2D eigenvalue weighted by molar-refractivity contribution is 0.383. The summed E-state index contributed by atoms with van der Waals surface area (Å²) in [5, 5.41) is 5.57. The first kappa shape index (κ1) is 20.1. The van der Waals surface area contributed by atoms with Gasteiger partial charge in [0.25, 0.3) is 0 Å². The second-order valence-corrected chi connectivity index (χ2v) is 8.95. The number of hydrogen-bond acceptors (Lipinski definition) is 4. The van der Waals surface area contributed by atoms with E-state index < -0.39 is 0 Å². The van der Waals surface area contributed by atoms with Crippen molar-refractivity contribution >= 4 is 46.4 Å². The minimum atomic E-state index is -0.186. The summed E-state index contributed by atoms with van der Waals surface area (Å²) >= 11 is 13.4. The fourth-order valence-corrected chi connectivity index (χ4v) is 4.95. The molecule has 4 aromatic rings. The fourth-order valence-electron chi connectivity index (χ4n) is 3.68. The first-order chi connectivity index (χ1) is 15.2. The Morgan fingerprint density at radius 1 is 0.935 bits per heavy atom. The van der Waals surface area contributed by atoms with Crippen LogP contribution in [0.5, 0.6) is 0 Å². The van der Waals surface area contributed by atoms with Gasteiger partial charge >= 0.3 is 0 Å². The SMILES string of the molecule is S=C1N[C@@H](c2ccccn2)[C@@H](c2ccc(Sc3ccccc3)o2)N1c1ccc(Cl)cc1. The lowest BCUT2D eigenvalue weighted by atomic mass is 10.0. The van der Waals surface area contributed by atoms with Crippen LogP contribution >= 0.6 is 35.6 Å². The number of benzene rings is 2. The molecule has 5 rings (SSSR count). The van der Waals surface area contributed by atoms with E-state index >= 15 is 0 Å². The zero-order valence-electron chi connectivity index (χ0n) is 16.3. The Morgan fingerprint density at radius 3 is 2.45 bits per heavy atom. The normalized spacial score (nSPS) is 18.2. The number of furan rings is 1. The predicted octanol–water partition coefficient (Wildman–Crippen LogP) is 6.66. The fraction of sp³-hybridized carbons (Fsp3) is 0.0833. The lowest BCUT2D eigenvalue weighted by Gasteiger charge is -2.26. The number of halogens is 1. The van der Waals surface area contributed by atoms with Gasteiger partial charge in [-0.15, -0.1) is 0 Å². The van der Waals surface area contributed by atoms with Crippen LogP contribution in [0.25, 0.3) is 0 Å². The molecular formula is C24H18ClN3OS2. The van der Waals surface area contributed by atoms with E-state index in [0.717, 1.165) is 27.1 Å². The molecule has 0 unspecified atom stereocenters. The van der Waals surface area contributed by atoms with Crippen molar-refractivity contribution in [3.05, 3.63) is 108 Å². The molecule has 0 radical (unpaired) electrons. The molecule has 1 N–H and O–H groups in total. The summed E-state index contributed by atoms with van der Waals surface area (Å²) in [7, 11) is 0. The summed E-state index contributed by atoms with van der Waals surface area (Å²) in [5.41, 5.74) is 1.85. The van der Waals surface area contributed by atoms with Crippen molar-refractivity contribution in [2.75, 3.05) is 4.90 Å². The van der Waals surface area contributed by atoms with Crippen LogP contribution in [0.1, 0.15) is 23.5 Å². The van der Waals surface area contributed by atoms with E-state index in [2.05, 4.69) is 27.3 Å². The van der Waals surface area contributed by atoms with Crippen LogP contribution in [0.4, 0.5) is 5.69 Å². The van der Waals surface area contributed by atoms with Gasteiger partial charge < -0.3 is 14.6 Å². The summed E-state index contributed by atoms with van der Waals surface area (Å²) < 4.78 is 6.31. The van der Waals surface area contributed by atoms with Gasteiger partial charge in [-0.3, -0.25) is 4.98 Å². The minimum Gasteiger partial charge on any atom is -0.452 e. The van der Waals surface area contributed by atoms with E-state index in [4.69, 9.17) is 28.2 Å². The zero-order valence-corrected chi connectivity index (χ0v) is 18.7. The molecule has 2 aromatic carbocycles. The van der Waals surface area contributed by atoms with Gasteiger partial charge in [0.15, 0.2) is 10.2 Å². The van der Waals surface area contributed by atoms with Gasteiger partial charge in [0.2, 0.25) is 0 Å².